The summed E-state index contributed by atoms with van der Waals surface area (Å²) in [5.74, 6) is 1.80. The molecule has 152 valence electrons. The lowest BCUT2D eigenvalue weighted by molar-refractivity contribution is 0.575. The molecular formula is C23H12BrCl2N3O2. The van der Waals surface area contributed by atoms with Crippen LogP contribution < -0.4 is 0 Å². The molecule has 3 aromatic heterocycles. The van der Waals surface area contributed by atoms with E-state index in [4.69, 9.17) is 32.0 Å². The number of hydrogen-bond acceptors (Lipinski definition) is 5. The summed E-state index contributed by atoms with van der Waals surface area (Å²) >= 11 is 15.5. The minimum absolute atomic E-state index is 0.477. The first-order valence-electron chi connectivity index (χ1n) is 9.16. The van der Waals surface area contributed by atoms with Gasteiger partial charge in [0.2, 0.25) is 5.89 Å². The summed E-state index contributed by atoms with van der Waals surface area (Å²) in [6.07, 6.45) is 5.07. The van der Waals surface area contributed by atoms with Crippen molar-refractivity contribution in [2.75, 3.05) is 0 Å². The van der Waals surface area contributed by atoms with E-state index in [1.807, 2.05) is 42.5 Å². The normalized spacial score (nSPS) is 11.6. The van der Waals surface area contributed by atoms with E-state index < -0.39 is 0 Å². The monoisotopic (exact) mass is 511 g/mol. The summed E-state index contributed by atoms with van der Waals surface area (Å²) in [7, 11) is 0. The highest BCUT2D eigenvalue weighted by Crippen LogP contribution is 2.30. The fourth-order valence-corrected chi connectivity index (χ4v) is 3.68. The Morgan fingerprint density at radius 2 is 1.77 bits per heavy atom. The molecule has 5 aromatic rings. The summed E-state index contributed by atoms with van der Waals surface area (Å²) in [6.45, 7) is 0. The summed E-state index contributed by atoms with van der Waals surface area (Å²) in [6, 6.07) is 16.5. The predicted octanol–water partition coefficient (Wildman–Crippen LogP) is 7.97. The van der Waals surface area contributed by atoms with Crippen LogP contribution in [-0.4, -0.2) is 16.2 Å². The number of halogens is 3. The van der Waals surface area contributed by atoms with Gasteiger partial charge in [-0.25, -0.2) is 4.98 Å². The van der Waals surface area contributed by atoms with Crippen LogP contribution in [0.3, 0.4) is 0 Å². The maximum atomic E-state index is 6.09. The molecule has 31 heavy (non-hydrogen) atoms. The van der Waals surface area contributed by atoms with Gasteiger partial charge in [0.25, 0.3) is 0 Å². The number of pyridine rings is 1. The second kappa shape index (κ2) is 8.30. The topological polar surface area (TPSA) is 64.4 Å². The van der Waals surface area contributed by atoms with Crippen molar-refractivity contribution >= 4 is 62.1 Å². The molecule has 3 heterocycles. The first-order chi connectivity index (χ1) is 15.0. The fourth-order valence-electron chi connectivity index (χ4n) is 3.01. The molecule has 0 bridgehead atoms. The average molecular weight is 513 g/mol. The molecule has 0 saturated carbocycles. The molecule has 2 aromatic carbocycles. The van der Waals surface area contributed by atoms with Crippen LogP contribution >= 0.6 is 39.1 Å². The third kappa shape index (κ3) is 4.28. The highest BCUT2D eigenvalue weighted by molar-refractivity contribution is 9.10. The number of aromatic nitrogens is 2. The molecule has 0 N–H and O–H groups in total. The Morgan fingerprint density at radius 1 is 0.871 bits per heavy atom. The molecule has 0 spiro atoms. The van der Waals surface area contributed by atoms with Crippen LogP contribution in [0, 0.1) is 0 Å². The zero-order valence-corrected chi connectivity index (χ0v) is 18.8. The first-order valence-corrected chi connectivity index (χ1v) is 10.7. The number of aliphatic imine (C=N–C) groups is 1. The third-order valence-corrected chi connectivity index (χ3v) is 5.67. The van der Waals surface area contributed by atoms with Crippen LogP contribution in [0.5, 0.6) is 0 Å². The average Bonchev–Trinajstić information content (AvgIpc) is 3.41. The lowest BCUT2D eigenvalue weighted by Crippen LogP contribution is -1.79. The second-order valence-corrected chi connectivity index (χ2v) is 8.38. The van der Waals surface area contributed by atoms with Gasteiger partial charge in [-0.15, -0.1) is 0 Å². The Kier molecular flexibility index (Phi) is 5.36. The molecule has 8 heteroatoms. The number of fused-ring (bicyclic) bond motifs is 1. The van der Waals surface area contributed by atoms with Gasteiger partial charge >= 0.3 is 0 Å². The molecule has 0 radical (unpaired) electrons. The summed E-state index contributed by atoms with van der Waals surface area (Å²) < 4.78 is 12.5. The number of hydrogen-bond donors (Lipinski definition) is 0. The Bertz CT molecular complexity index is 1440. The standard InChI is InChI=1S/C23H12BrCl2N3O2/c24-15-7-14(10-27-11-15)23-29-20-9-16(2-5-22(20)31-23)28-12-17-3-6-21(30-17)13-1-4-18(25)19(26)8-13/h1-12H. The van der Waals surface area contributed by atoms with E-state index in [-0.39, 0.29) is 0 Å². The van der Waals surface area contributed by atoms with Crippen LogP contribution in [0.15, 0.2) is 85.3 Å². The van der Waals surface area contributed by atoms with Crippen molar-refractivity contribution in [1.82, 2.24) is 9.97 Å². The quantitative estimate of drug-likeness (QED) is 0.229. The number of benzene rings is 2. The lowest BCUT2D eigenvalue weighted by atomic mass is 10.2. The van der Waals surface area contributed by atoms with E-state index in [1.54, 1.807) is 30.7 Å². The Morgan fingerprint density at radius 3 is 2.61 bits per heavy atom. The number of furan rings is 1. The van der Waals surface area contributed by atoms with E-state index in [1.165, 1.54) is 0 Å². The van der Waals surface area contributed by atoms with Crippen molar-refractivity contribution in [3.63, 3.8) is 0 Å². The van der Waals surface area contributed by atoms with E-state index in [0.717, 1.165) is 21.3 Å². The van der Waals surface area contributed by atoms with Crippen molar-refractivity contribution in [3.05, 3.63) is 87.3 Å². The maximum absolute atomic E-state index is 6.09. The summed E-state index contributed by atoms with van der Waals surface area (Å²) in [4.78, 5) is 13.2. The molecule has 5 nitrogen and oxygen atoms in total. The van der Waals surface area contributed by atoms with Crippen LogP contribution in [-0.2, 0) is 0 Å². The van der Waals surface area contributed by atoms with Crippen LogP contribution in [0.25, 0.3) is 33.9 Å². The van der Waals surface area contributed by atoms with Crippen molar-refractivity contribution in [3.8, 4) is 22.8 Å². The molecule has 0 aliphatic rings. The molecule has 0 atom stereocenters. The minimum Gasteiger partial charge on any atom is -0.455 e. The van der Waals surface area contributed by atoms with E-state index in [9.17, 15) is 0 Å². The Labute approximate surface area is 195 Å². The highest BCUT2D eigenvalue weighted by atomic mass is 79.9. The summed E-state index contributed by atoms with van der Waals surface area (Å²) in [5.41, 5.74) is 3.75. The zero-order valence-electron chi connectivity index (χ0n) is 15.7. The van der Waals surface area contributed by atoms with Gasteiger partial charge in [-0.3, -0.25) is 9.98 Å². The molecule has 0 saturated heterocycles. The minimum atomic E-state index is 0.477. The van der Waals surface area contributed by atoms with Crippen molar-refractivity contribution in [2.24, 2.45) is 4.99 Å². The zero-order chi connectivity index (χ0) is 21.4. The number of oxazole rings is 1. The highest BCUT2D eigenvalue weighted by Gasteiger charge is 2.10. The fraction of sp³-hybridized carbons (Fsp3) is 0. The number of nitrogens with zero attached hydrogens (tertiary/aromatic N) is 3. The molecule has 0 unspecified atom stereocenters. The Hall–Kier alpha value is -2.93. The molecular weight excluding hydrogens is 501 g/mol. The molecule has 5 rings (SSSR count). The smallest absolute Gasteiger partial charge is 0.228 e. The van der Waals surface area contributed by atoms with Gasteiger partial charge in [0.1, 0.15) is 17.0 Å². The van der Waals surface area contributed by atoms with Gasteiger partial charge in [-0.2, -0.15) is 0 Å². The van der Waals surface area contributed by atoms with E-state index in [2.05, 4.69) is 30.9 Å². The third-order valence-electron chi connectivity index (χ3n) is 4.49. The van der Waals surface area contributed by atoms with Crippen LogP contribution in [0.4, 0.5) is 5.69 Å². The number of rotatable bonds is 4. The van der Waals surface area contributed by atoms with Gasteiger partial charge in [-0.05, 0) is 70.5 Å². The van der Waals surface area contributed by atoms with Crippen LogP contribution in [0.1, 0.15) is 5.76 Å². The van der Waals surface area contributed by atoms with Gasteiger partial charge in [0.05, 0.1) is 27.5 Å². The van der Waals surface area contributed by atoms with Gasteiger partial charge in [-0.1, -0.05) is 23.2 Å². The molecule has 0 aliphatic carbocycles. The van der Waals surface area contributed by atoms with Crippen molar-refractivity contribution in [2.45, 2.75) is 0 Å². The predicted molar refractivity (Wildman–Crippen MR) is 126 cm³/mol. The second-order valence-electron chi connectivity index (χ2n) is 6.65. The van der Waals surface area contributed by atoms with Crippen molar-refractivity contribution in [1.29, 1.82) is 0 Å². The molecule has 0 fully saturated rings. The molecule has 0 aliphatic heterocycles. The lowest BCUT2D eigenvalue weighted by Gasteiger charge is -1.99. The maximum Gasteiger partial charge on any atom is 0.228 e. The van der Waals surface area contributed by atoms with Gasteiger partial charge < -0.3 is 8.83 Å². The Balaban J connectivity index is 1.39. The largest absolute Gasteiger partial charge is 0.455 e. The first kappa shape index (κ1) is 20.0. The van der Waals surface area contributed by atoms with E-state index >= 15 is 0 Å². The van der Waals surface area contributed by atoms with Gasteiger partial charge in [0.15, 0.2) is 5.58 Å². The van der Waals surface area contributed by atoms with Gasteiger partial charge in [0, 0.05) is 22.4 Å². The SMILES string of the molecule is Clc1ccc(-c2ccc(C=Nc3ccc4oc(-c5cncc(Br)c5)nc4c3)o2)cc1Cl. The summed E-state index contributed by atoms with van der Waals surface area (Å²) in [5, 5.41) is 0.978. The van der Waals surface area contributed by atoms with Crippen molar-refractivity contribution < 1.29 is 8.83 Å². The van der Waals surface area contributed by atoms with Crippen LogP contribution in [0.2, 0.25) is 10.0 Å². The molecule has 0 amide bonds. The van der Waals surface area contributed by atoms with E-state index in [0.29, 0.717) is 38.6 Å².